The molecule has 0 saturated heterocycles. The van der Waals surface area contributed by atoms with E-state index in [9.17, 15) is 13.2 Å². The fraction of sp³-hybridized carbons (Fsp3) is 0.462. The van der Waals surface area contributed by atoms with Gasteiger partial charge in [0.15, 0.2) is 9.84 Å². The molecule has 1 rings (SSSR count). The molecule has 1 amide bonds. The molecule has 1 aromatic rings. The summed E-state index contributed by atoms with van der Waals surface area (Å²) in [5.74, 6) is -0.576. The van der Waals surface area contributed by atoms with E-state index in [0.717, 1.165) is 0 Å². The number of nitrogens with one attached hydrogen (secondary N) is 1. The molecule has 1 aromatic carbocycles. The van der Waals surface area contributed by atoms with Crippen molar-refractivity contribution in [1.29, 1.82) is 0 Å². The number of benzene rings is 1. The largest absolute Gasteiger partial charge is 0.394 e. The summed E-state index contributed by atoms with van der Waals surface area (Å²) in [4.78, 5) is 12.1. The van der Waals surface area contributed by atoms with Gasteiger partial charge < -0.3 is 10.4 Å². The standard InChI is InChI=1S/C13H19NO4S/c1-4-19(17,18)11-8-6-5-7-10(11)12(16)14-13(2,3)9-15/h5-8,15H,4,9H2,1-3H3,(H,14,16). The molecule has 0 unspecified atom stereocenters. The van der Waals surface area contributed by atoms with E-state index in [4.69, 9.17) is 5.11 Å². The molecule has 0 aliphatic heterocycles. The monoisotopic (exact) mass is 285 g/mol. The Morgan fingerprint density at radius 2 is 1.89 bits per heavy atom. The van der Waals surface area contributed by atoms with Crippen LogP contribution in [0.2, 0.25) is 0 Å². The van der Waals surface area contributed by atoms with Gasteiger partial charge in [0.05, 0.1) is 28.4 Å². The molecule has 0 aromatic heterocycles. The smallest absolute Gasteiger partial charge is 0.253 e. The molecular formula is C13H19NO4S. The van der Waals surface area contributed by atoms with Crippen LogP contribution in [0.5, 0.6) is 0 Å². The predicted molar refractivity (Wildman–Crippen MR) is 72.8 cm³/mol. The normalized spacial score (nSPS) is 12.2. The summed E-state index contributed by atoms with van der Waals surface area (Å²) in [5.41, 5.74) is -0.703. The van der Waals surface area contributed by atoms with Crippen molar-refractivity contribution in [2.45, 2.75) is 31.2 Å². The average Bonchev–Trinajstić information content (AvgIpc) is 2.38. The minimum absolute atomic E-state index is 0.0174. The van der Waals surface area contributed by atoms with Crippen LogP contribution >= 0.6 is 0 Å². The van der Waals surface area contributed by atoms with E-state index in [-0.39, 0.29) is 22.8 Å². The van der Waals surface area contributed by atoms with E-state index >= 15 is 0 Å². The molecule has 0 spiro atoms. The highest BCUT2D eigenvalue weighted by atomic mass is 32.2. The molecular weight excluding hydrogens is 266 g/mol. The van der Waals surface area contributed by atoms with Crippen LogP contribution < -0.4 is 5.32 Å². The number of carbonyl (C=O) groups is 1. The Kier molecular flexibility index (Phi) is 4.70. The third kappa shape index (κ3) is 3.78. The lowest BCUT2D eigenvalue weighted by molar-refractivity contribution is 0.0866. The molecule has 0 heterocycles. The molecule has 0 saturated carbocycles. The highest BCUT2D eigenvalue weighted by Crippen LogP contribution is 2.17. The average molecular weight is 285 g/mol. The van der Waals surface area contributed by atoms with Crippen molar-refractivity contribution >= 4 is 15.7 Å². The van der Waals surface area contributed by atoms with Gasteiger partial charge in [-0.05, 0) is 26.0 Å². The minimum atomic E-state index is -3.46. The third-order valence-corrected chi connectivity index (χ3v) is 4.48. The van der Waals surface area contributed by atoms with Gasteiger partial charge in [0.2, 0.25) is 0 Å². The molecule has 0 aliphatic rings. The van der Waals surface area contributed by atoms with Gasteiger partial charge in [0, 0.05) is 0 Å². The van der Waals surface area contributed by atoms with Crippen LogP contribution in [0, 0.1) is 0 Å². The van der Waals surface area contributed by atoms with Gasteiger partial charge in [-0.2, -0.15) is 0 Å². The first-order valence-electron chi connectivity index (χ1n) is 5.98. The lowest BCUT2D eigenvalue weighted by Gasteiger charge is -2.24. The fourth-order valence-corrected chi connectivity index (χ4v) is 2.59. The first-order valence-corrected chi connectivity index (χ1v) is 7.64. The van der Waals surface area contributed by atoms with Gasteiger partial charge in [-0.25, -0.2) is 8.42 Å². The van der Waals surface area contributed by atoms with Gasteiger partial charge in [-0.3, -0.25) is 4.79 Å². The van der Waals surface area contributed by atoms with Crippen molar-refractivity contribution in [3.05, 3.63) is 29.8 Å². The maximum Gasteiger partial charge on any atom is 0.253 e. The lowest BCUT2D eigenvalue weighted by atomic mass is 10.1. The van der Waals surface area contributed by atoms with Crippen molar-refractivity contribution in [2.24, 2.45) is 0 Å². The van der Waals surface area contributed by atoms with Gasteiger partial charge in [0.1, 0.15) is 0 Å². The highest BCUT2D eigenvalue weighted by Gasteiger charge is 2.25. The van der Waals surface area contributed by atoms with Crippen LogP contribution in [0.1, 0.15) is 31.1 Å². The van der Waals surface area contributed by atoms with E-state index in [2.05, 4.69) is 5.32 Å². The Hall–Kier alpha value is -1.40. The summed E-state index contributed by atoms with van der Waals surface area (Å²) in [6.07, 6.45) is 0. The van der Waals surface area contributed by atoms with Crippen LogP contribution in [0.25, 0.3) is 0 Å². The number of amides is 1. The van der Waals surface area contributed by atoms with Gasteiger partial charge >= 0.3 is 0 Å². The summed E-state index contributed by atoms with van der Waals surface area (Å²) in [7, 11) is -3.46. The number of aliphatic hydroxyl groups excluding tert-OH is 1. The molecule has 0 radical (unpaired) electrons. The highest BCUT2D eigenvalue weighted by molar-refractivity contribution is 7.91. The Balaban J connectivity index is 3.19. The molecule has 2 N–H and O–H groups in total. The Bertz CT molecular complexity index is 564. The molecule has 0 atom stereocenters. The molecule has 0 aliphatic carbocycles. The van der Waals surface area contributed by atoms with Crippen LogP contribution in [0.4, 0.5) is 0 Å². The zero-order chi connectivity index (χ0) is 14.7. The van der Waals surface area contributed by atoms with Gasteiger partial charge in [-0.1, -0.05) is 19.1 Å². The second-order valence-electron chi connectivity index (χ2n) is 4.90. The van der Waals surface area contributed by atoms with Crippen LogP contribution in [0.3, 0.4) is 0 Å². The second-order valence-corrected chi connectivity index (χ2v) is 7.14. The number of rotatable bonds is 5. The van der Waals surface area contributed by atoms with E-state index in [1.807, 2.05) is 0 Å². The first kappa shape index (κ1) is 15.7. The summed E-state index contributed by atoms with van der Waals surface area (Å²) >= 11 is 0. The Morgan fingerprint density at radius 1 is 1.32 bits per heavy atom. The van der Waals surface area contributed by atoms with E-state index in [1.165, 1.54) is 19.1 Å². The molecule has 5 nitrogen and oxygen atoms in total. The number of aliphatic hydroxyl groups is 1. The van der Waals surface area contributed by atoms with Crippen molar-refractivity contribution in [2.75, 3.05) is 12.4 Å². The summed E-state index contributed by atoms with van der Waals surface area (Å²) in [6.45, 7) is 4.60. The molecule has 106 valence electrons. The number of carbonyl (C=O) groups excluding carboxylic acids is 1. The molecule has 19 heavy (non-hydrogen) atoms. The maximum absolute atomic E-state index is 12.1. The van der Waals surface area contributed by atoms with Crippen LogP contribution in [-0.2, 0) is 9.84 Å². The molecule has 0 bridgehead atoms. The van der Waals surface area contributed by atoms with Crippen LogP contribution in [-0.4, -0.2) is 37.3 Å². The van der Waals surface area contributed by atoms with Crippen molar-refractivity contribution in [3.63, 3.8) is 0 Å². The predicted octanol–water partition coefficient (Wildman–Crippen LogP) is 0.981. The topological polar surface area (TPSA) is 83.5 Å². The lowest BCUT2D eigenvalue weighted by Crippen LogP contribution is -2.46. The molecule has 0 fully saturated rings. The maximum atomic E-state index is 12.1. The first-order chi connectivity index (χ1) is 8.73. The van der Waals surface area contributed by atoms with E-state index in [0.29, 0.717) is 0 Å². The third-order valence-electron chi connectivity index (χ3n) is 2.69. The summed E-state index contributed by atoms with van der Waals surface area (Å²) in [5, 5.41) is 11.7. The second kappa shape index (κ2) is 5.71. The van der Waals surface area contributed by atoms with Crippen molar-refractivity contribution < 1.29 is 18.3 Å². The zero-order valence-electron chi connectivity index (χ0n) is 11.3. The number of sulfone groups is 1. The fourth-order valence-electron chi connectivity index (χ4n) is 1.50. The number of hydrogen-bond donors (Lipinski definition) is 2. The van der Waals surface area contributed by atoms with Gasteiger partial charge in [-0.15, -0.1) is 0 Å². The number of hydrogen-bond acceptors (Lipinski definition) is 4. The zero-order valence-corrected chi connectivity index (χ0v) is 12.1. The summed E-state index contributed by atoms with van der Waals surface area (Å²) < 4.78 is 23.9. The molecule has 6 heteroatoms. The SMILES string of the molecule is CCS(=O)(=O)c1ccccc1C(=O)NC(C)(C)CO. The van der Waals surface area contributed by atoms with Crippen molar-refractivity contribution in [1.82, 2.24) is 5.32 Å². The Labute approximate surface area is 113 Å². The van der Waals surface area contributed by atoms with E-state index in [1.54, 1.807) is 26.0 Å². The minimum Gasteiger partial charge on any atom is -0.394 e. The van der Waals surface area contributed by atoms with Gasteiger partial charge in [0.25, 0.3) is 5.91 Å². The summed E-state index contributed by atoms with van der Waals surface area (Å²) in [6, 6.07) is 6.07. The van der Waals surface area contributed by atoms with Crippen LogP contribution in [0.15, 0.2) is 29.2 Å². The van der Waals surface area contributed by atoms with Crippen molar-refractivity contribution in [3.8, 4) is 0 Å². The quantitative estimate of drug-likeness (QED) is 0.844. The van der Waals surface area contributed by atoms with E-state index < -0.39 is 21.3 Å². The Morgan fingerprint density at radius 3 is 2.42 bits per heavy atom.